The smallest absolute Gasteiger partial charge is 0.229 e. The standard InChI is InChI=1S/C17H18N2O3S2/c1-2-11-3-5-12(6-4-11)14-8-23-17(18-14)19-15-10-24(21,22)9-13(15)7-16(19)20/h3-6,8,13,15H,2,7,9-10H2,1H3/t13-,15-/m0/s1. The van der Waals surface area contributed by atoms with Crippen LogP contribution in [0.1, 0.15) is 18.9 Å². The van der Waals surface area contributed by atoms with Gasteiger partial charge < -0.3 is 0 Å². The van der Waals surface area contributed by atoms with Gasteiger partial charge in [-0.15, -0.1) is 11.3 Å². The Labute approximate surface area is 145 Å². The monoisotopic (exact) mass is 362 g/mol. The molecule has 0 radical (unpaired) electrons. The van der Waals surface area contributed by atoms with Gasteiger partial charge in [-0.2, -0.15) is 0 Å². The number of anilines is 1. The topological polar surface area (TPSA) is 67.3 Å². The molecule has 0 aliphatic carbocycles. The number of benzene rings is 1. The number of rotatable bonds is 3. The van der Waals surface area contributed by atoms with Crippen molar-refractivity contribution in [2.24, 2.45) is 5.92 Å². The lowest BCUT2D eigenvalue weighted by Gasteiger charge is -2.19. The Balaban J connectivity index is 1.63. The summed E-state index contributed by atoms with van der Waals surface area (Å²) in [6.45, 7) is 2.11. The summed E-state index contributed by atoms with van der Waals surface area (Å²) in [6.07, 6.45) is 1.30. The van der Waals surface area contributed by atoms with Crippen LogP contribution in [0.2, 0.25) is 0 Å². The van der Waals surface area contributed by atoms with E-state index in [0.717, 1.165) is 17.7 Å². The van der Waals surface area contributed by atoms with Gasteiger partial charge >= 0.3 is 0 Å². The largest absolute Gasteiger partial charge is 0.284 e. The van der Waals surface area contributed by atoms with Gasteiger partial charge in [0, 0.05) is 23.3 Å². The minimum atomic E-state index is -3.04. The Morgan fingerprint density at radius 2 is 2.00 bits per heavy atom. The normalized spacial score (nSPS) is 25.2. The highest BCUT2D eigenvalue weighted by atomic mass is 32.2. The van der Waals surface area contributed by atoms with E-state index in [9.17, 15) is 13.2 Å². The molecule has 0 bridgehead atoms. The number of amides is 1. The van der Waals surface area contributed by atoms with Gasteiger partial charge in [0.2, 0.25) is 5.91 Å². The van der Waals surface area contributed by atoms with E-state index < -0.39 is 9.84 Å². The van der Waals surface area contributed by atoms with Gasteiger partial charge in [0.1, 0.15) is 0 Å². The lowest BCUT2D eigenvalue weighted by atomic mass is 10.1. The van der Waals surface area contributed by atoms with Crippen LogP contribution in [0.15, 0.2) is 29.6 Å². The Hall–Kier alpha value is -1.73. The van der Waals surface area contributed by atoms with Crippen LogP contribution >= 0.6 is 11.3 Å². The average Bonchev–Trinajstić information content (AvgIpc) is 3.19. The number of fused-ring (bicyclic) bond motifs is 1. The molecular formula is C17H18N2O3S2. The van der Waals surface area contributed by atoms with E-state index in [1.54, 1.807) is 4.90 Å². The zero-order valence-corrected chi connectivity index (χ0v) is 14.9. The Bertz CT molecular complexity index is 887. The highest BCUT2D eigenvalue weighted by Crippen LogP contribution is 2.39. The molecule has 126 valence electrons. The van der Waals surface area contributed by atoms with Crippen LogP contribution in [0.4, 0.5) is 5.13 Å². The third-order valence-corrected chi connectivity index (χ3v) is 7.46. The van der Waals surface area contributed by atoms with Crippen molar-refractivity contribution < 1.29 is 13.2 Å². The van der Waals surface area contributed by atoms with Crippen LogP contribution in [-0.4, -0.2) is 36.9 Å². The SMILES string of the molecule is CCc1ccc(-c2csc(N3C(=O)C[C@H]4CS(=O)(=O)C[C@@H]43)n2)cc1. The molecule has 24 heavy (non-hydrogen) atoms. The van der Waals surface area contributed by atoms with Gasteiger partial charge in [-0.3, -0.25) is 9.69 Å². The fraction of sp³-hybridized carbons (Fsp3) is 0.412. The maximum atomic E-state index is 12.3. The van der Waals surface area contributed by atoms with Gasteiger partial charge in [0.15, 0.2) is 15.0 Å². The maximum Gasteiger partial charge on any atom is 0.229 e. The Kier molecular flexibility index (Phi) is 3.73. The van der Waals surface area contributed by atoms with E-state index in [2.05, 4.69) is 24.0 Å². The number of carbonyl (C=O) groups excluding carboxylic acids is 1. The van der Waals surface area contributed by atoms with E-state index >= 15 is 0 Å². The maximum absolute atomic E-state index is 12.3. The number of aromatic nitrogens is 1. The molecule has 0 unspecified atom stereocenters. The molecule has 0 saturated carbocycles. The summed E-state index contributed by atoms with van der Waals surface area (Å²) >= 11 is 1.40. The summed E-state index contributed by atoms with van der Waals surface area (Å²) in [7, 11) is -3.04. The number of hydrogen-bond donors (Lipinski definition) is 0. The van der Waals surface area contributed by atoms with E-state index in [1.807, 2.05) is 17.5 Å². The number of sulfone groups is 1. The van der Waals surface area contributed by atoms with Crippen LogP contribution in [0.5, 0.6) is 0 Å². The van der Waals surface area contributed by atoms with Gasteiger partial charge in [-0.05, 0) is 12.0 Å². The first kappa shape index (κ1) is 15.8. The van der Waals surface area contributed by atoms with E-state index in [-0.39, 0.29) is 29.4 Å². The summed E-state index contributed by atoms with van der Waals surface area (Å²) in [5.74, 6) is 0.0842. The molecule has 1 aromatic carbocycles. The first-order chi connectivity index (χ1) is 11.5. The molecule has 1 aromatic heterocycles. The molecule has 2 saturated heterocycles. The van der Waals surface area contributed by atoms with E-state index in [1.165, 1.54) is 16.9 Å². The highest BCUT2D eigenvalue weighted by molar-refractivity contribution is 7.91. The molecule has 2 aromatic rings. The van der Waals surface area contributed by atoms with Gasteiger partial charge in [-0.25, -0.2) is 13.4 Å². The molecule has 5 nitrogen and oxygen atoms in total. The molecule has 2 fully saturated rings. The van der Waals surface area contributed by atoms with Crippen LogP contribution < -0.4 is 4.90 Å². The van der Waals surface area contributed by atoms with E-state index in [0.29, 0.717) is 11.6 Å². The second kappa shape index (κ2) is 5.67. The molecule has 2 aliphatic rings. The fourth-order valence-electron chi connectivity index (χ4n) is 3.56. The van der Waals surface area contributed by atoms with Gasteiger partial charge in [0.25, 0.3) is 0 Å². The van der Waals surface area contributed by atoms with E-state index in [4.69, 9.17) is 0 Å². The van der Waals surface area contributed by atoms with Crippen LogP contribution in [0.25, 0.3) is 11.3 Å². The molecule has 3 heterocycles. The second-order valence-corrected chi connectivity index (χ2v) is 9.43. The van der Waals surface area contributed by atoms with Gasteiger partial charge in [-0.1, -0.05) is 31.2 Å². The first-order valence-corrected chi connectivity index (χ1v) is 10.7. The summed E-state index contributed by atoms with van der Waals surface area (Å²) in [4.78, 5) is 18.5. The zero-order chi connectivity index (χ0) is 16.9. The van der Waals surface area contributed by atoms with Crippen molar-refractivity contribution in [2.45, 2.75) is 25.8 Å². The molecule has 7 heteroatoms. The van der Waals surface area contributed by atoms with Crippen molar-refractivity contribution in [1.82, 2.24) is 4.98 Å². The zero-order valence-electron chi connectivity index (χ0n) is 13.3. The average molecular weight is 362 g/mol. The Morgan fingerprint density at radius 1 is 1.25 bits per heavy atom. The molecule has 0 N–H and O–H groups in total. The molecule has 2 aliphatic heterocycles. The predicted octanol–water partition coefficient (Wildman–Crippen LogP) is 2.52. The summed E-state index contributed by atoms with van der Waals surface area (Å²) < 4.78 is 23.7. The third kappa shape index (κ3) is 2.65. The lowest BCUT2D eigenvalue weighted by molar-refractivity contribution is -0.117. The van der Waals surface area contributed by atoms with Crippen molar-refractivity contribution in [3.05, 3.63) is 35.2 Å². The highest BCUT2D eigenvalue weighted by Gasteiger charge is 2.50. The predicted molar refractivity (Wildman–Crippen MR) is 95.0 cm³/mol. The summed E-state index contributed by atoms with van der Waals surface area (Å²) in [5, 5.41) is 2.54. The van der Waals surface area contributed by atoms with Crippen LogP contribution in [0.3, 0.4) is 0 Å². The quantitative estimate of drug-likeness (QED) is 0.841. The molecule has 0 spiro atoms. The number of hydrogen-bond acceptors (Lipinski definition) is 5. The second-order valence-electron chi connectivity index (χ2n) is 6.44. The third-order valence-electron chi connectivity index (χ3n) is 4.83. The summed E-state index contributed by atoms with van der Waals surface area (Å²) in [6, 6.07) is 7.98. The molecule has 4 rings (SSSR count). The van der Waals surface area contributed by atoms with Gasteiger partial charge in [0.05, 0.1) is 23.2 Å². The minimum Gasteiger partial charge on any atom is -0.284 e. The number of nitrogens with zero attached hydrogens (tertiary/aromatic N) is 2. The minimum absolute atomic E-state index is 0.0119. The van der Waals surface area contributed by atoms with Crippen LogP contribution in [-0.2, 0) is 21.1 Å². The van der Waals surface area contributed by atoms with Crippen molar-refractivity contribution in [2.75, 3.05) is 16.4 Å². The van der Waals surface area contributed by atoms with Crippen molar-refractivity contribution in [3.63, 3.8) is 0 Å². The lowest BCUT2D eigenvalue weighted by Crippen LogP contribution is -2.36. The van der Waals surface area contributed by atoms with Crippen molar-refractivity contribution >= 4 is 32.2 Å². The van der Waals surface area contributed by atoms with Crippen molar-refractivity contribution in [3.8, 4) is 11.3 Å². The Morgan fingerprint density at radius 3 is 2.71 bits per heavy atom. The summed E-state index contributed by atoms with van der Waals surface area (Å²) in [5.41, 5.74) is 3.11. The first-order valence-electron chi connectivity index (χ1n) is 8.04. The fourth-order valence-corrected chi connectivity index (χ4v) is 6.53. The number of thiazole rings is 1. The van der Waals surface area contributed by atoms with Crippen molar-refractivity contribution in [1.29, 1.82) is 0 Å². The molecule has 1 amide bonds. The molecular weight excluding hydrogens is 344 g/mol. The number of aryl methyl sites for hydroxylation is 1. The number of carbonyl (C=O) groups is 1. The van der Waals surface area contributed by atoms with Crippen LogP contribution in [0, 0.1) is 5.92 Å². The molecule has 2 atom stereocenters.